The Morgan fingerprint density at radius 2 is 2.00 bits per heavy atom. The molecule has 12 heteroatoms. The van der Waals surface area contributed by atoms with Crippen LogP contribution >= 0.6 is 0 Å². The minimum atomic E-state index is -4.20. The number of aryl methyl sites for hydroxylation is 1. The number of benzene rings is 2. The van der Waals surface area contributed by atoms with Gasteiger partial charge in [-0.1, -0.05) is 18.1 Å². The van der Waals surface area contributed by atoms with Gasteiger partial charge in [-0.3, -0.25) is 9.40 Å². The van der Waals surface area contributed by atoms with Crippen LogP contribution in [0.5, 0.6) is 11.5 Å². The number of nitrogens with zero attached hydrogens (tertiary/aromatic N) is 3. The van der Waals surface area contributed by atoms with Gasteiger partial charge in [-0.05, 0) is 47.9 Å². The summed E-state index contributed by atoms with van der Waals surface area (Å²) in [5, 5.41) is 7.80. The number of ether oxygens (including phenoxy) is 2. The molecule has 4 rings (SSSR count). The van der Waals surface area contributed by atoms with E-state index in [4.69, 9.17) is 9.26 Å². The first-order valence-corrected chi connectivity index (χ1v) is 11.3. The molecule has 174 valence electrons. The average Bonchev–Trinajstić information content (AvgIpc) is 3.43. The van der Waals surface area contributed by atoms with Crippen molar-refractivity contribution in [3.8, 4) is 11.5 Å². The summed E-state index contributed by atoms with van der Waals surface area (Å²) in [5.41, 5.74) is 1.39. The van der Waals surface area contributed by atoms with Crippen LogP contribution in [-0.2, 0) is 23.0 Å². The largest absolute Gasteiger partial charge is 0.495 e. The third-order valence-electron chi connectivity index (χ3n) is 4.87. The fourth-order valence-corrected chi connectivity index (χ4v) is 4.58. The molecule has 0 spiro atoms. The zero-order chi connectivity index (χ0) is 23.6. The number of hydrogen-bond donors (Lipinski definition) is 1. The maximum absolute atomic E-state index is 13.1. The number of methoxy groups -OCH3 is 1. The van der Waals surface area contributed by atoms with Gasteiger partial charge in [0, 0.05) is 12.4 Å². The molecule has 1 N–H and O–H groups in total. The Bertz CT molecular complexity index is 1370. The van der Waals surface area contributed by atoms with Crippen molar-refractivity contribution in [1.82, 2.24) is 14.9 Å². The van der Waals surface area contributed by atoms with Gasteiger partial charge in [0.1, 0.15) is 21.8 Å². The molecule has 0 bridgehead atoms. The van der Waals surface area contributed by atoms with Crippen LogP contribution in [-0.4, -0.2) is 37.1 Å². The fraction of sp³-hybridized carbons (Fsp3) is 0.238. The summed E-state index contributed by atoms with van der Waals surface area (Å²) in [6, 6.07) is 9.41. The number of nitrogens with one attached hydrogen (secondary N) is 1. The molecule has 4 aromatic rings. The molecule has 0 saturated carbocycles. The maximum Gasteiger partial charge on any atom is 0.387 e. The molecule has 9 nitrogen and oxygen atoms in total. The van der Waals surface area contributed by atoms with E-state index in [2.05, 4.69) is 19.7 Å². The van der Waals surface area contributed by atoms with Crippen molar-refractivity contribution < 1.29 is 31.2 Å². The second-order valence-corrected chi connectivity index (χ2v) is 8.68. The highest BCUT2D eigenvalue weighted by molar-refractivity contribution is 7.92. The lowest BCUT2D eigenvalue weighted by atomic mass is 10.1. The topological polar surface area (TPSA) is 108 Å². The van der Waals surface area contributed by atoms with Crippen molar-refractivity contribution in [2.24, 2.45) is 0 Å². The molecule has 0 amide bonds. The van der Waals surface area contributed by atoms with E-state index >= 15 is 0 Å². The van der Waals surface area contributed by atoms with E-state index in [1.807, 2.05) is 6.92 Å². The van der Waals surface area contributed by atoms with Crippen LogP contribution in [0.3, 0.4) is 0 Å². The SMILES string of the molecule is CCc1ccc(OC)c(S(=O)(=O)Nc2noc3cc(Cn4cccn4)cc(OC(F)F)c23)c1. The van der Waals surface area contributed by atoms with Crippen LogP contribution in [0.25, 0.3) is 11.0 Å². The molecular formula is C21H20F2N4O5S. The van der Waals surface area contributed by atoms with Crippen LogP contribution in [0.1, 0.15) is 18.1 Å². The van der Waals surface area contributed by atoms with Crippen molar-refractivity contribution in [2.45, 2.75) is 31.4 Å². The highest BCUT2D eigenvalue weighted by atomic mass is 32.2. The van der Waals surface area contributed by atoms with E-state index < -0.39 is 16.6 Å². The van der Waals surface area contributed by atoms with Crippen LogP contribution in [0, 0.1) is 0 Å². The maximum atomic E-state index is 13.1. The molecule has 33 heavy (non-hydrogen) atoms. The normalized spacial score (nSPS) is 11.8. The lowest BCUT2D eigenvalue weighted by molar-refractivity contribution is -0.0488. The van der Waals surface area contributed by atoms with Crippen LogP contribution < -0.4 is 14.2 Å². The number of halogens is 2. The predicted octanol–water partition coefficient (Wildman–Crippen LogP) is 4.05. The molecule has 0 radical (unpaired) electrons. The third kappa shape index (κ3) is 4.75. The van der Waals surface area contributed by atoms with Crippen LogP contribution in [0.4, 0.5) is 14.6 Å². The monoisotopic (exact) mass is 478 g/mol. The highest BCUT2D eigenvalue weighted by Gasteiger charge is 2.25. The summed E-state index contributed by atoms with van der Waals surface area (Å²) in [6.07, 6.45) is 3.89. The Morgan fingerprint density at radius 1 is 1.18 bits per heavy atom. The van der Waals surface area contributed by atoms with Gasteiger partial charge >= 0.3 is 6.61 Å². The first-order chi connectivity index (χ1) is 15.8. The first-order valence-electron chi connectivity index (χ1n) is 9.85. The Morgan fingerprint density at radius 3 is 2.67 bits per heavy atom. The van der Waals surface area contributed by atoms with Gasteiger partial charge in [0.25, 0.3) is 10.0 Å². The van der Waals surface area contributed by atoms with E-state index in [0.29, 0.717) is 12.0 Å². The number of aromatic nitrogens is 3. The quantitative estimate of drug-likeness (QED) is 0.387. The summed E-state index contributed by atoms with van der Waals surface area (Å²) in [4.78, 5) is -0.118. The molecular weight excluding hydrogens is 458 g/mol. The molecule has 0 aliphatic heterocycles. The zero-order valence-electron chi connectivity index (χ0n) is 17.7. The first kappa shape index (κ1) is 22.5. The lowest BCUT2D eigenvalue weighted by Gasteiger charge is -2.13. The van der Waals surface area contributed by atoms with Gasteiger partial charge in [0.2, 0.25) is 0 Å². The Balaban J connectivity index is 1.77. The fourth-order valence-electron chi connectivity index (χ4n) is 3.35. The van der Waals surface area contributed by atoms with E-state index in [1.165, 1.54) is 19.2 Å². The van der Waals surface area contributed by atoms with Crippen molar-refractivity contribution in [3.63, 3.8) is 0 Å². The second-order valence-electron chi connectivity index (χ2n) is 7.02. The standard InChI is InChI=1S/C21H20F2N4O5S/c1-3-13-5-6-15(30-2)18(11-13)33(28,29)26-20-19-16(31-21(22)23)9-14(10-17(19)32-25-20)12-27-8-4-7-24-27/h4-11,21H,3,12H2,1-2H3,(H,25,26). The van der Waals surface area contributed by atoms with Crippen molar-refractivity contribution >= 4 is 26.8 Å². The number of hydrogen-bond acceptors (Lipinski definition) is 7. The van der Waals surface area contributed by atoms with Crippen LogP contribution in [0.15, 0.2) is 58.2 Å². The molecule has 2 heterocycles. The van der Waals surface area contributed by atoms with Gasteiger partial charge in [0.05, 0.1) is 13.7 Å². The van der Waals surface area contributed by atoms with Crippen molar-refractivity contribution in [3.05, 3.63) is 59.9 Å². The lowest BCUT2D eigenvalue weighted by Crippen LogP contribution is -2.15. The van der Waals surface area contributed by atoms with Gasteiger partial charge in [0.15, 0.2) is 11.4 Å². The third-order valence-corrected chi connectivity index (χ3v) is 6.23. The van der Waals surface area contributed by atoms with E-state index in [-0.39, 0.29) is 39.7 Å². The van der Waals surface area contributed by atoms with Gasteiger partial charge < -0.3 is 14.0 Å². The molecule has 0 aliphatic carbocycles. The summed E-state index contributed by atoms with van der Waals surface area (Å²) < 4.78 is 71.5. The number of anilines is 1. The molecule has 2 aromatic carbocycles. The van der Waals surface area contributed by atoms with Gasteiger partial charge in [-0.15, -0.1) is 0 Å². The molecule has 0 unspecified atom stereocenters. The van der Waals surface area contributed by atoms with Crippen molar-refractivity contribution in [2.75, 3.05) is 11.8 Å². The number of alkyl halides is 2. The Labute approximate surface area is 187 Å². The van der Waals surface area contributed by atoms with Crippen molar-refractivity contribution in [1.29, 1.82) is 0 Å². The Hall–Kier alpha value is -3.67. The van der Waals surface area contributed by atoms with Gasteiger partial charge in [-0.2, -0.15) is 13.9 Å². The molecule has 0 atom stereocenters. The molecule has 0 aliphatic rings. The van der Waals surface area contributed by atoms with Gasteiger partial charge in [-0.25, -0.2) is 8.42 Å². The Kier molecular flexibility index (Phi) is 6.18. The number of sulfonamides is 1. The molecule has 0 saturated heterocycles. The molecule has 2 aromatic heterocycles. The minimum Gasteiger partial charge on any atom is -0.495 e. The predicted molar refractivity (Wildman–Crippen MR) is 115 cm³/mol. The summed E-state index contributed by atoms with van der Waals surface area (Å²) in [5.74, 6) is -0.439. The number of rotatable bonds is 9. The average molecular weight is 478 g/mol. The second kappa shape index (κ2) is 9.06. The zero-order valence-corrected chi connectivity index (χ0v) is 18.5. The summed E-state index contributed by atoms with van der Waals surface area (Å²) >= 11 is 0. The van der Waals surface area contributed by atoms with E-state index in [1.54, 1.807) is 41.3 Å². The highest BCUT2D eigenvalue weighted by Crippen LogP contribution is 2.37. The smallest absolute Gasteiger partial charge is 0.387 e. The molecule has 0 fully saturated rings. The van der Waals surface area contributed by atoms with E-state index in [0.717, 1.165) is 5.56 Å². The summed E-state index contributed by atoms with van der Waals surface area (Å²) in [6.45, 7) is -1.01. The minimum absolute atomic E-state index is 0.0336. The number of fused-ring (bicyclic) bond motifs is 1. The van der Waals surface area contributed by atoms with E-state index in [9.17, 15) is 17.2 Å². The summed E-state index contributed by atoms with van der Waals surface area (Å²) in [7, 11) is -2.85. The van der Waals surface area contributed by atoms with Crippen LogP contribution in [0.2, 0.25) is 0 Å².